The number of methoxy groups -OCH3 is 1. The van der Waals surface area contributed by atoms with E-state index in [0.29, 0.717) is 5.69 Å². The van der Waals surface area contributed by atoms with Crippen molar-refractivity contribution >= 4 is 17.8 Å². The molecular formula is C17H18FN3O2. The molecule has 2 aromatic carbocycles. The first-order chi connectivity index (χ1) is 11.1. The molecule has 0 aliphatic rings. The third-order valence-corrected chi connectivity index (χ3v) is 3.12. The van der Waals surface area contributed by atoms with Gasteiger partial charge in [-0.15, -0.1) is 0 Å². The fourth-order valence-corrected chi connectivity index (χ4v) is 1.82. The lowest BCUT2D eigenvalue weighted by Gasteiger charge is -2.13. The standard InChI is InChI=1S/C17H18FN3O2/c1-12(20-15-7-5-14(18)6-8-15)17(22)21-19-11-13-3-9-16(23-2)10-4-13/h3-12,20H,1-2H3,(H,21,22). The van der Waals surface area contributed by atoms with Crippen LogP contribution in [0.4, 0.5) is 10.1 Å². The summed E-state index contributed by atoms with van der Waals surface area (Å²) in [4.78, 5) is 11.9. The molecule has 6 heteroatoms. The number of hydrogen-bond acceptors (Lipinski definition) is 4. The normalized spacial score (nSPS) is 12.0. The van der Waals surface area contributed by atoms with Crippen molar-refractivity contribution in [1.29, 1.82) is 0 Å². The van der Waals surface area contributed by atoms with Crippen molar-refractivity contribution in [2.75, 3.05) is 12.4 Å². The van der Waals surface area contributed by atoms with Crippen LogP contribution < -0.4 is 15.5 Å². The SMILES string of the molecule is COc1ccc(C=NNC(=O)C(C)Nc2ccc(F)cc2)cc1. The van der Waals surface area contributed by atoms with Crippen LogP contribution in [0.2, 0.25) is 0 Å². The number of nitrogens with zero attached hydrogens (tertiary/aromatic N) is 1. The van der Waals surface area contributed by atoms with Gasteiger partial charge in [0.25, 0.3) is 5.91 Å². The quantitative estimate of drug-likeness (QED) is 0.636. The monoisotopic (exact) mass is 315 g/mol. The molecule has 2 rings (SSSR count). The summed E-state index contributed by atoms with van der Waals surface area (Å²) in [6.45, 7) is 1.70. The molecule has 5 nitrogen and oxygen atoms in total. The van der Waals surface area contributed by atoms with Gasteiger partial charge in [-0.25, -0.2) is 9.82 Å². The number of carbonyl (C=O) groups is 1. The van der Waals surface area contributed by atoms with Gasteiger partial charge >= 0.3 is 0 Å². The highest BCUT2D eigenvalue weighted by molar-refractivity contribution is 5.86. The third-order valence-electron chi connectivity index (χ3n) is 3.12. The Hall–Kier alpha value is -2.89. The molecule has 0 radical (unpaired) electrons. The van der Waals surface area contributed by atoms with Crippen molar-refractivity contribution in [3.05, 3.63) is 59.9 Å². The van der Waals surface area contributed by atoms with Gasteiger partial charge in [-0.2, -0.15) is 5.10 Å². The van der Waals surface area contributed by atoms with Crippen LogP contribution in [-0.2, 0) is 4.79 Å². The van der Waals surface area contributed by atoms with Crippen molar-refractivity contribution in [2.45, 2.75) is 13.0 Å². The molecule has 1 amide bonds. The first kappa shape index (κ1) is 16.5. The van der Waals surface area contributed by atoms with Crippen LogP contribution in [0.1, 0.15) is 12.5 Å². The van der Waals surface area contributed by atoms with E-state index in [4.69, 9.17) is 4.74 Å². The molecular weight excluding hydrogens is 297 g/mol. The molecule has 0 saturated heterocycles. The summed E-state index contributed by atoms with van der Waals surface area (Å²) in [6.07, 6.45) is 1.54. The Labute approximate surface area is 134 Å². The van der Waals surface area contributed by atoms with Crippen LogP contribution >= 0.6 is 0 Å². The Bertz CT molecular complexity index is 669. The minimum Gasteiger partial charge on any atom is -0.497 e. The number of benzene rings is 2. The Balaban J connectivity index is 1.85. The molecule has 0 aliphatic heterocycles. The maximum absolute atomic E-state index is 12.8. The van der Waals surface area contributed by atoms with Crippen molar-refractivity contribution in [2.24, 2.45) is 5.10 Å². The summed E-state index contributed by atoms with van der Waals surface area (Å²) in [5.41, 5.74) is 3.95. The molecule has 2 N–H and O–H groups in total. The number of anilines is 1. The van der Waals surface area contributed by atoms with Crippen molar-refractivity contribution < 1.29 is 13.9 Å². The zero-order valence-corrected chi connectivity index (χ0v) is 12.9. The highest BCUT2D eigenvalue weighted by Crippen LogP contribution is 2.10. The number of nitrogens with one attached hydrogen (secondary N) is 2. The van der Waals surface area contributed by atoms with E-state index in [-0.39, 0.29) is 11.7 Å². The second kappa shape index (κ2) is 7.93. The number of amides is 1. The van der Waals surface area contributed by atoms with Crippen LogP contribution in [0.25, 0.3) is 0 Å². The summed E-state index contributed by atoms with van der Waals surface area (Å²) in [5, 5.41) is 6.87. The highest BCUT2D eigenvalue weighted by atomic mass is 19.1. The van der Waals surface area contributed by atoms with Crippen LogP contribution in [0.5, 0.6) is 5.75 Å². The first-order valence-corrected chi connectivity index (χ1v) is 7.07. The van der Waals surface area contributed by atoms with Crippen molar-refractivity contribution in [3.63, 3.8) is 0 Å². The maximum atomic E-state index is 12.8. The molecule has 120 valence electrons. The zero-order valence-electron chi connectivity index (χ0n) is 12.9. The first-order valence-electron chi connectivity index (χ1n) is 7.07. The predicted molar refractivity (Wildman–Crippen MR) is 88.2 cm³/mol. The van der Waals surface area contributed by atoms with Gasteiger partial charge in [-0.1, -0.05) is 0 Å². The van der Waals surface area contributed by atoms with Gasteiger partial charge in [-0.3, -0.25) is 4.79 Å². The Morgan fingerprint density at radius 2 is 1.83 bits per heavy atom. The average Bonchev–Trinajstić information content (AvgIpc) is 2.57. The fourth-order valence-electron chi connectivity index (χ4n) is 1.82. The van der Waals surface area contributed by atoms with Crippen LogP contribution in [0.15, 0.2) is 53.6 Å². The van der Waals surface area contributed by atoms with Gasteiger partial charge in [0.2, 0.25) is 0 Å². The number of halogens is 1. The van der Waals surface area contributed by atoms with Crippen LogP contribution in [0.3, 0.4) is 0 Å². The molecule has 1 unspecified atom stereocenters. The Morgan fingerprint density at radius 1 is 1.17 bits per heavy atom. The van der Waals surface area contributed by atoms with Gasteiger partial charge in [0.05, 0.1) is 13.3 Å². The summed E-state index contributed by atoms with van der Waals surface area (Å²) in [7, 11) is 1.60. The molecule has 2 aromatic rings. The van der Waals surface area contributed by atoms with E-state index < -0.39 is 6.04 Å². The van der Waals surface area contributed by atoms with E-state index in [1.807, 2.05) is 24.3 Å². The number of ether oxygens (including phenoxy) is 1. The Morgan fingerprint density at radius 3 is 2.43 bits per heavy atom. The highest BCUT2D eigenvalue weighted by Gasteiger charge is 2.11. The number of hydrogen-bond donors (Lipinski definition) is 2. The molecule has 0 spiro atoms. The predicted octanol–water partition coefficient (Wildman–Crippen LogP) is 2.79. The summed E-state index contributed by atoms with van der Waals surface area (Å²) < 4.78 is 17.9. The van der Waals surface area contributed by atoms with Gasteiger partial charge in [0.1, 0.15) is 17.6 Å². The van der Waals surface area contributed by atoms with Gasteiger partial charge in [0, 0.05) is 5.69 Å². The van der Waals surface area contributed by atoms with E-state index in [0.717, 1.165) is 11.3 Å². The molecule has 0 saturated carbocycles. The lowest BCUT2D eigenvalue weighted by Crippen LogP contribution is -2.34. The number of carbonyl (C=O) groups excluding carboxylic acids is 1. The lowest BCUT2D eigenvalue weighted by atomic mass is 10.2. The lowest BCUT2D eigenvalue weighted by molar-refractivity contribution is -0.121. The van der Waals surface area contributed by atoms with E-state index in [2.05, 4.69) is 15.8 Å². The summed E-state index contributed by atoms with van der Waals surface area (Å²) >= 11 is 0. The smallest absolute Gasteiger partial charge is 0.262 e. The largest absolute Gasteiger partial charge is 0.497 e. The molecule has 0 aliphatic carbocycles. The van der Waals surface area contributed by atoms with E-state index in [9.17, 15) is 9.18 Å². The van der Waals surface area contributed by atoms with E-state index in [1.54, 1.807) is 32.4 Å². The van der Waals surface area contributed by atoms with Gasteiger partial charge in [-0.05, 0) is 61.0 Å². The number of rotatable bonds is 6. The van der Waals surface area contributed by atoms with Crippen LogP contribution in [-0.4, -0.2) is 25.3 Å². The minimum absolute atomic E-state index is 0.293. The maximum Gasteiger partial charge on any atom is 0.262 e. The second-order valence-electron chi connectivity index (χ2n) is 4.88. The van der Waals surface area contributed by atoms with Crippen molar-refractivity contribution in [3.8, 4) is 5.75 Å². The molecule has 1 atom stereocenters. The topological polar surface area (TPSA) is 62.7 Å². The number of hydrazone groups is 1. The molecule has 0 aromatic heterocycles. The van der Waals surface area contributed by atoms with E-state index in [1.165, 1.54) is 12.1 Å². The molecule has 0 heterocycles. The molecule has 0 fully saturated rings. The second-order valence-corrected chi connectivity index (χ2v) is 4.88. The minimum atomic E-state index is -0.506. The summed E-state index contributed by atoms with van der Waals surface area (Å²) in [6, 6.07) is 12.6. The zero-order chi connectivity index (χ0) is 16.7. The third kappa shape index (κ3) is 5.10. The van der Waals surface area contributed by atoms with E-state index >= 15 is 0 Å². The van der Waals surface area contributed by atoms with Gasteiger partial charge in [0.15, 0.2) is 0 Å². The average molecular weight is 315 g/mol. The Kier molecular flexibility index (Phi) is 5.68. The fraction of sp³-hybridized carbons (Fsp3) is 0.176. The van der Waals surface area contributed by atoms with Gasteiger partial charge < -0.3 is 10.1 Å². The van der Waals surface area contributed by atoms with Crippen LogP contribution in [0, 0.1) is 5.82 Å². The molecule has 23 heavy (non-hydrogen) atoms. The van der Waals surface area contributed by atoms with Crippen molar-refractivity contribution in [1.82, 2.24) is 5.43 Å². The summed E-state index contributed by atoms with van der Waals surface area (Å²) in [5.74, 6) is 0.138. The molecule has 0 bridgehead atoms.